The van der Waals surface area contributed by atoms with E-state index in [1.807, 2.05) is 6.92 Å². The summed E-state index contributed by atoms with van der Waals surface area (Å²) in [6.45, 7) is 0.990. The lowest BCUT2D eigenvalue weighted by Crippen LogP contribution is -2.32. The van der Waals surface area contributed by atoms with Gasteiger partial charge >= 0.3 is 5.97 Å². The van der Waals surface area contributed by atoms with Crippen LogP contribution in [0.3, 0.4) is 0 Å². The minimum Gasteiger partial charge on any atom is -0.497 e. The molecule has 0 aliphatic rings. The molecule has 27 heavy (non-hydrogen) atoms. The summed E-state index contributed by atoms with van der Waals surface area (Å²) in [5, 5.41) is 5.51. The molecule has 8 heteroatoms. The average molecular weight is 391 g/mol. The number of ether oxygens (including phenoxy) is 2. The van der Waals surface area contributed by atoms with Crippen molar-refractivity contribution in [2.45, 2.75) is 6.92 Å². The predicted molar refractivity (Wildman–Crippen MR) is 101 cm³/mol. The monoisotopic (exact) mass is 390 g/mol. The summed E-state index contributed by atoms with van der Waals surface area (Å²) in [6.07, 6.45) is 0. The topological polar surface area (TPSA) is 93.7 Å². The Morgan fingerprint density at radius 2 is 1.78 bits per heavy atom. The van der Waals surface area contributed by atoms with Crippen LogP contribution in [0, 0.1) is 6.92 Å². The van der Waals surface area contributed by atoms with E-state index in [0.29, 0.717) is 22.0 Å². The molecule has 0 heterocycles. The van der Waals surface area contributed by atoms with E-state index in [2.05, 4.69) is 10.6 Å². The third kappa shape index (κ3) is 6.31. The van der Waals surface area contributed by atoms with Crippen LogP contribution in [0.5, 0.6) is 5.75 Å². The number of aryl methyl sites for hydroxylation is 1. The first-order valence-corrected chi connectivity index (χ1v) is 8.40. The molecule has 0 aromatic heterocycles. The van der Waals surface area contributed by atoms with E-state index in [1.165, 1.54) is 7.11 Å². The van der Waals surface area contributed by atoms with Crippen molar-refractivity contribution < 1.29 is 23.9 Å². The van der Waals surface area contributed by atoms with Gasteiger partial charge < -0.3 is 20.1 Å². The Labute approximate surface area is 161 Å². The number of methoxy groups -OCH3 is 1. The quantitative estimate of drug-likeness (QED) is 0.709. The zero-order chi connectivity index (χ0) is 19.8. The van der Waals surface area contributed by atoms with Crippen LogP contribution in [0.1, 0.15) is 15.9 Å². The number of amides is 2. The van der Waals surface area contributed by atoms with Gasteiger partial charge in [-0.05, 0) is 48.9 Å². The van der Waals surface area contributed by atoms with Crippen molar-refractivity contribution in [3.8, 4) is 5.75 Å². The molecule has 2 aromatic rings. The molecule has 0 aliphatic heterocycles. The van der Waals surface area contributed by atoms with Crippen LogP contribution in [0.4, 0.5) is 5.69 Å². The van der Waals surface area contributed by atoms with E-state index in [9.17, 15) is 14.4 Å². The van der Waals surface area contributed by atoms with Gasteiger partial charge in [0.05, 0.1) is 7.11 Å². The van der Waals surface area contributed by atoms with Crippen LogP contribution >= 0.6 is 11.6 Å². The van der Waals surface area contributed by atoms with E-state index in [0.717, 1.165) is 5.56 Å². The zero-order valence-electron chi connectivity index (χ0n) is 14.9. The Kier molecular flexibility index (Phi) is 7.19. The van der Waals surface area contributed by atoms with E-state index in [4.69, 9.17) is 21.1 Å². The molecule has 7 nitrogen and oxygen atoms in total. The van der Waals surface area contributed by atoms with Crippen LogP contribution < -0.4 is 15.4 Å². The standard InChI is InChI=1S/C19H19ClN2O5/c1-12-3-6-14(20)9-16(12)22-17(23)11-27-18(24)10-21-19(25)13-4-7-15(26-2)8-5-13/h3-9H,10-11H2,1-2H3,(H,21,25)(H,22,23). The van der Waals surface area contributed by atoms with Crippen molar-refractivity contribution in [2.75, 3.05) is 25.6 Å². The third-order valence-electron chi connectivity index (χ3n) is 3.58. The fourth-order valence-electron chi connectivity index (χ4n) is 2.11. The minimum atomic E-state index is -0.727. The van der Waals surface area contributed by atoms with E-state index in [1.54, 1.807) is 42.5 Å². The molecule has 2 aromatic carbocycles. The summed E-state index contributed by atoms with van der Waals surface area (Å²) >= 11 is 5.88. The summed E-state index contributed by atoms with van der Waals surface area (Å²) in [7, 11) is 1.52. The van der Waals surface area contributed by atoms with E-state index in [-0.39, 0.29) is 6.54 Å². The van der Waals surface area contributed by atoms with Crippen molar-refractivity contribution in [2.24, 2.45) is 0 Å². The summed E-state index contributed by atoms with van der Waals surface area (Å²) in [6, 6.07) is 11.5. The van der Waals surface area contributed by atoms with Crippen LogP contribution in [-0.4, -0.2) is 38.0 Å². The summed E-state index contributed by atoms with van der Waals surface area (Å²) < 4.78 is 9.86. The largest absolute Gasteiger partial charge is 0.497 e. The lowest BCUT2D eigenvalue weighted by atomic mass is 10.2. The van der Waals surface area contributed by atoms with Gasteiger partial charge in [0, 0.05) is 16.3 Å². The summed E-state index contributed by atoms with van der Waals surface area (Å²) in [4.78, 5) is 35.5. The molecule has 142 valence electrons. The molecule has 0 unspecified atom stereocenters. The van der Waals surface area contributed by atoms with E-state index < -0.39 is 24.4 Å². The highest BCUT2D eigenvalue weighted by molar-refractivity contribution is 6.31. The number of carbonyl (C=O) groups excluding carboxylic acids is 3. The maximum atomic E-state index is 11.9. The Morgan fingerprint density at radius 1 is 1.07 bits per heavy atom. The summed E-state index contributed by atoms with van der Waals surface area (Å²) in [5.74, 6) is -1.05. The molecule has 0 fully saturated rings. The van der Waals surface area contributed by atoms with Crippen molar-refractivity contribution in [3.05, 3.63) is 58.6 Å². The molecule has 0 radical (unpaired) electrons. The molecule has 0 saturated carbocycles. The number of nitrogens with one attached hydrogen (secondary N) is 2. The fourth-order valence-corrected chi connectivity index (χ4v) is 2.28. The molecule has 2 rings (SSSR count). The Hall–Kier alpha value is -3.06. The van der Waals surface area contributed by atoms with Gasteiger partial charge in [-0.3, -0.25) is 14.4 Å². The molecule has 0 spiro atoms. The highest BCUT2D eigenvalue weighted by atomic mass is 35.5. The highest BCUT2D eigenvalue weighted by Gasteiger charge is 2.12. The minimum absolute atomic E-state index is 0.353. The smallest absolute Gasteiger partial charge is 0.325 e. The normalized spacial score (nSPS) is 10.0. The second-order valence-electron chi connectivity index (χ2n) is 5.58. The average Bonchev–Trinajstić information content (AvgIpc) is 2.67. The zero-order valence-corrected chi connectivity index (χ0v) is 15.6. The molecule has 2 amide bonds. The lowest BCUT2D eigenvalue weighted by molar-refractivity contribution is -0.146. The van der Waals surface area contributed by atoms with Gasteiger partial charge in [0.15, 0.2) is 6.61 Å². The molecule has 2 N–H and O–H groups in total. The molecular formula is C19H19ClN2O5. The third-order valence-corrected chi connectivity index (χ3v) is 3.82. The Balaban J connectivity index is 1.75. The SMILES string of the molecule is COc1ccc(C(=O)NCC(=O)OCC(=O)Nc2cc(Cl)ccc2C)cc1. The lowest BCUT2D eigenvalue weighted by Gasteiger charge is -2.10. The predicted octanol–water partition coefficient (Wildman–Crippen LogP) is 2.57. The Morgan fingerprint density at radius 3 is 2.44 bits per heavy atom. The summed E-state index contributed by atoms with van der Waals surface area (Å²) in [5.41, 5.74) is 1.74. The van der Waals surface area contributed by atoms with Gasteiger partial charge in [0.2, 0.25) is 0 Å². The molecule has 0 aliphatic carbocycles. The molecule has 0 atom stereocenters. The van der Waals surface area contributed by atoms with Crippen molar-refractivity contribution in [3.63, 3.8) is 0 Å². The Bertz CT molecular complexity index is 836. The van der Waals surface area contributed by atoms with Crippen molar-refractivity contribution in [1.82, 2.24) is 5.32 Å². The first kappa shape index (κ1) is 20.3. The maximum Gasteiger partial charge on any atom is 0.325 e. The van der Waals surface area contributed by atoms with Crippen LogP contribution in [0.2, 0.25) is 5.02 Å². The van der Waals surface area contributed by atoms with Gasteiger partial charge in [-0.15, -0.1) is 0 Å². The van der Waals surface area contributed by atoms with Crippen molar-refractivity contribution >= 4 is 35.1 Å². The maximum absolute atomic E-state index is 11.9. The first-order chi connectivity index (χ1) is 12.9. The molecular weight excluding hydrogens is 372 g/mol. The second kappa shape index (κ2) is 9.59. The van der Waals surface area contributed by atoms with Gasteiger partial charge in [0.1, 0.15) is 12.3 Å². The number of halogens is 1. The fraction of sp³-hybridized carbons (Fsp3) is 0.211. The van der Waals surface area contributed by atoms with Gasteiger partial charge in [-0.25, -0.2) is 0 Å². The van der Waals surface area contributed by atoms with Gasteiger partial charge in [0.25, 0.3) is 11.8 Å². The van der Waals surface area contributed by atoms with E-state index >= 15 is 0 Å². The van der Waals surface area contributed by atoms with Gasteiger partial charge in [-0.2, -0.15) is 0 Å². The molecule has 0 saturated heterocycles. The number of hydrogen-bond acceptors (Lipinski definition) is 5. The number of benzene rings is 2. The second-order valence-corrected chi connectivity index (χ2v) is 6.02. The molecule has 0 bridgehead atoms. The first-order valence-electron chi connectivity index (χ1n) is 8.03. The van der Waals surface area contributed by atoms with Gasteiger partial charge in [-0.1, -0.05) is 17.7 Å². The highest BCUT2D eigenvalue weighted by Crippen LogP contribution is 2.20. The van der Waals surface area contributed by atoms with Crippen LogP contribution in [0.25, 0.3) is 0 Å². The number of anilines is 1. The number of esters is 1. The number of rotatable bonds is 7. The van der Waals surface area contributed by atoms with Crippen molar-refractivity contribution in [1.29, 1.82) is 0 Å². The number of hydrogen-bond donors (Lipinski definition) is 2. The number of carbonyl (C=O) groups is 3. The van der Waals surface area contributed by atoms with Crippen LogP contribution in [-0.2, 0) is 14.3 Å². The van der Waals surface area contributed by atoms with Crippen LogP contribution in [0.15, 0.2) is 42.5 Å².